The second-order valence-electron chi connectivity index (χ2n) is 15.5. The molecular weight excluding hydrogens is 781 g/mol. The SMILES string of the molecule is CC/C=C/C=C/C=C/C=C\CCCCCCCC(=O)OCC(COC(=O)CCCCCCC/C=C/C=C/C=C/C=C/CC)OC(=O)CCCCCCC\C=C/C=C/C=C/C=C/CC. The van der Waals surface area contributed by atoms with Crippen molar-refractivity contribution in [3.05, 3.63) is 146 Å². The molecule has 0 saturated carbocycles. The Morgan fingerprint density at radius 1 is 0.317 bits per heavy atom. The van der Waals surface area contributed by atoms with Crippen molar-refractivity contribution in [2.24, 2.45) is 0 Å². The van der Waals surface area contributed by atoms with Gasteiger partial charge < -0.3 is 14.2 Å². The molecule has 350 valence electrons. The summed E-state index contributed by atoms with van der Waals surface area (Å²) < 4.78 is 16.7. The lowest BCUT2D eigenvalue weighted by molar-refractivity contribution is -0.167. The molecule has 0 rings (SSSR count). The van der Waals surface area contributed by atoms with Crippen LogP contribution in [0.4, 0.5) is 0 Å². The van der Waals surface area contributed by atoms with Crippen LogP contribution in [0.5, 0.6) is 0 Å². The molecule has 0 aromatic heterocycles. The van der Waals surface area contributed by atoms with Crippen LogP contribution in [0.25, 0.3) is 0 Å². The molecule has 0 aliphatic carbocycles. The van der Waals surface area contributed by atoms with Gasteiger partial charge in [0.05, 0.1) is 0 Å². The highest BCUT2D eigenvalue weighted by Crippen LogP contribution is 2.13. The molecule has 0 fully saturated rings. The fourth-order valence-corrected chi connectivity index (χ4v) is 6.00. The summed E-state index contributed by atoms with van der Waals surface area (Å²) in [5.41, 5.74) is 0. The normalized spacial score (nSPS) is 13.4. The molecule has 63 heavy (non-hydrogen) atoms. The molecule has 0 aromatic rings. The highest BCUT2D eigenvalue weighted by Gasteiger charge is 2.19. The summed E-state index contributed by atoms with van der Waals surface area (Å²) in [5, 5.41) is 0. The lowest BCUT2D eigenvalue weighted by Gasteiger charge is -2.18. The van der Waals surface area contributed by atoms with E-state index in [-0.39, 0.29) is 37.5 Å². The summed E-state index contributed by atoms with van der Waals surface area (Å²) in [6.07, 6.45) is 71.0. The van der Waals surface area contributed by atoms with Crippen LogP contribution in [-0.2, 0) is 28.6 Å². The Hall–Kier alpha value is -4.71. The Morgan fingerprint density at radius 3 is 0.889 bits per heavy atom. The summed E-state index contributed by atoms with van der Waals surface area (Å²) in [4.78, 5) is 38.0. The van der Waals surface area contributed by atoms with E-state index >= 15 is 0 Å². The van der Waals surface area contributed by atoms with Gasteiger partial charge in [0, 0.05) is 19.3 Å². The molecule has 0 N–H and O–H groups in total. The van der Waals surface area contributed by atoms with Crippen molar-refractivity contribution >= 4 is 17.9 Å². The van der Waals surface area contributed by atoms with Gasteiger partial charge in [-0.25, -0.2) is 0 Å². The summed E-state index contributed by atoms with van der Waals surface area (Å²) in [5.74, 6) is -0.997. The van der Waals surface area contributed by atoms with Gasteiger partial charge in [-0.15, -0.1) is 0 Å². The number of carbonyl (C=O) groups is 3. The first-order valence-electron chi connectivity index (χ1n) is 24.5. The van der Waals surface area contributed by atoms with Crippen LogP contribution < -0.4 is 0 Å². The average Bonchev–Trinajstić information content (AvgIpc) is 3.28. The maximum absolute atomic E-state index is 12.8. The first kappa shape index (κ1) is 58.3. The highest BCUT2D eigenvalue weighted by atomic mass is 16.6. The van der Waals surface area contributed by atoms with E-state index in [1.165, 1.54) is 0 Å². The molecule has 0 aliphatic rings. The Labute approximate surface area is 385 Å². The number of unbranched alkanes of at least 4 members (excludes halogenated alkanes) is 15. The summed E-state index contributed by atoms with van der Waals surface area (Å²) in [7, 11) is 0. The van der Waals surface area contributed by atoms with Crippen molar-refractivity contribution in [3.8, 4) is 0 Å². The first-order chi connectivity index (χ1) is 31.0. The number of hydrogen-bond acceptors (Lipinski definition) is 6. The van der Waals surface area contributed by atoms with Gasteiger partial charge in [-0.1, -0.05) is 224 Å². The third kappa shape index (κ3) is 48.2. The third-order valence-electron chi connectivity index (χ3n) is 9.60. The summed E-state index contributed by atoms with van der Waals surface area (Å²) >= 11 is 0. The van der Waals surface area contributed by atoms with Crippen molar-refractivity contribution in [2.45, 2.75) is 181 Å². The zero-order chi connectivity index (χ0) is 45.8. The Balaban J connectivity index is 4.56. The monoisotopic (exact) mass is 867 g/mol. The Bertz CT molecular complexity index is 1390. The van der Waals surface area contributed by atoms with Crippen LogP contribution >= 0.6 is 0 Å². The van der Waals surface area contributed by atoms with Crippen LogP contribution in [0.15, 0.2) is 146 Å². The molecule has 0 heterocycles. The van der Waals surface area contributed by atoms with E-state index in [9.17, 15) is 14.4 Å². The predicted molar refractivity (Wildman–Crippen MR) is 269 cm³/mol. The van der Waals surface area contributed by atoms with Crippen LogP contribution in [0, 0.1) is 0 Å². The molecule has 0 amide bonds. The summed E-state index contributed by atoms with van der Waals surface area (Å²) in [6.45, 7) is 6.13. The molecule has 0 bridgehead atoms. The summed E-state index contributed by atoms with van der Waals surface area (Å²) in [6, 6.07) is 0. The molecular formula is C57H86O6. The van der Waals surface area contributed by atoms with Gasteiger partial charge in [0.1, 0.15) is 13.2 Å². The Morgan fingerprint density at radius 2 is 0.571 bits per heavy atom. The molecule has 1 atom stereocenters. The van der Waals surface area contributed by atoms with E-state index in [1.54, 1.807) is 0 Å². The van der Waals surface area contributed by atoms with Gasteiger partial charge in [-0.3, -0.25) is 14.4 Å². The van der Waals surface area contributed by atoms with Crippen LogP contribution in [0.1, 0.15) is 175 Å². The topological polar surface area (TPSA) is 78.9 Å². The number of esters is 3. The molecule has 0 spiro atoms. The smallest absolute Gasteiger partial charge is 0.306 e. The van der Waals surface area contributed by atoms with Crippen molar-refractivity contribution in [1.82, 2.24) is 0 Å². The number of ether oxygens (including phenoxy) is 3. The zero-order valence-corrected chi connectivity index (χ0v) is 39.8. The van der Waals surface area contributed by atoms with Crippen molar-refractivity contribution < 1.29 is 28.6 Å². The quantitative estimate of drug-likeness (QED) is 0.0264. The predicted octanol–water partition coefficient (Wildman–Crippen LogP) is 16.1. The van der Waals surface area contributed by atoms with Crippen molar-refractivity contribution in [3.63, 3.8) is 0 Å². The third-order valence-corrected chi connectivity index (χ3v) is 9.60. The largest absolute Gasteiger partial charge is 0.462 e. The van der Waals surface area contributed by atoms with Gasteiger partial charge >= 0.3 is 17.9 Å². The fourth-order valence-electron chi connectivity index (χ4n) is 6.00. The van der Waals surface area contributed by atoms with Gasteiger partial charge in [-0.2, -0.15) is 0 Å². The average molecular weight is 867 g/mol. The first-order valence-corrected chi connectivity index (χ1v) is 24.5. The van der Waals surface area contributed by atoms with Gasteiger partial charge in [0.25, 0.3) is 0 Å². The Kier molecular flexibility index (Phi) is 46.2. The van der Waals surface area contributed by atoms with E-state index < -0.39 is 6.10 Å². The van der Waals surface area contributed by atoms with Crippen LogP contribution in [0.2, 0.25) is 0 Å². The van der Waals surface area contributed by atoms with E-state index in [4.69, 9.17) is 14.2 Å². The van der Waals surface area contributed by atoms with Crippen molar-refractivity contribution in [1.29, 1.82) is 0 Å². The van der Waals surface area contributed by atoms with E-state index in [0.717, 1.165) is 135 Å². The number of allylic oxidation sites excluding steroid dienone is 24. The molecule has 1 unspecified atom stereocenters. The maximum atomic E-state index is 12.8. The molecule has 6 nitrogen and oxygen atoms in total. The maximum Gasteiger partial charge on any atom is 0.306 e. The van der Waals surface area contributed by atoms with Gasteiger partial charge in [0.2, 0.25) is 0 Å². The second kappa shape index (κ2) is 49.9. The second-order valence-corrected chi connectivity index (χ2v) is 15.5. The minimum atomic E-state index is -0.817. The van der Waals surface area contributed by atoms with E-state index in [2.05, 4.69) is 93.7 Å². The number of hydrogen-bond donors (Lipinski definition) is 0. The minimum Gasteiger partial charge on any atom is -0.462 e. The van der Waals surface area contributed by atoms with Gasteiger partial charge in [-0.05, 0) is 77.0 Å². The zero-order valence-electron chi connectivity index (χ0n) is 39.8. The molecule has 0 saturated heterocycles. The lowest BCUT2D eigenvalue weighted by atomic mass is 10.1. The molecule has 0 aromatic carbocycles. The lowest BCUT2D eigenvalue weighted by Crippen LogP contribution is -2.30. The minimum absolute atomic E-state index is 0.115. The van der Waals surface area contributed by atoms with Crippen LogP contribution in [0.3, 0.4) is 0 Å². The fraction of sp³-hybridized carbons (Fsp3) is 0.526. The standard InChI is InChI=1S/C57H86O6/c1-4-7-10-13-16-19-22-25-28-31-34-37-40-43-46-49-55(58)61-52-54(63-57(60)51-48-45-42-39-36-33-30-27-24-21-18-15-12-9-6-3)53-62-56(59)50-47-44-41-38-35-32-29-26-23-20-17-14-11-8-5-2/h7-30,54H,4-6,31-53H2,1-3H3/b10-7+,11-8+,12-9+,16-13+,17-14+,18-15+,22-19+,23-20+,24-21+,28-25-,29-26+,30-27-. The molecule has 6 heteroatoms. The highest BCUT2D eigenvalue weighted by molar-refractivity contribution is 5.71. The van der Waals surface area contributed by atoms with E-state index in [0.29, 0.717) is 12.8 Å². The van der Waals surface area contributed by atoms with E-state index in [1.807, 2.05) is 72.9 Å². The van der Waals surface area contributed by atoms with Gasteiger partial charge in [0.15, 0.2) is 6.10 Å². The molecule has 0 aliphatic heterocycles. The van der Waals surface area contributed by atoms with Crippen LogP contribution in [-0.4, -0.2) is 37.2 Å². The number of carbonyl (C=O) groups excluding carboxylic acids is 3. The molecule has 0 radical (unpaired) electrons. The number of rotatable bonds is 41. The van der Waals surface area contributed by atoms with Crippen molar-refractivity contribution in [2.75, 3.05) is 13.2 Å².